The number of halogens is 1. The Hall–Kier alpha value is -1.45. The quantitative estimate of drug-likeness (QED) is 0.764. The molecule has 4 heteroatoms. The maximum atomic E-state index is 13.8. The Morgan fingerprint density at radius 1 is 1.32 bits per heavy atom. The van der Waals surface area contributed by atoms with Crippen molar-refractivity contribution < 1.29 is 9.13 Å². The topological polar surface area (TPSA) is 38.5 Å². The molecule has 0 heterocycles. The van der Waals surface area contributed by atoms with Crippen molar-refractivity contribution in [2.75, 3.05) is 23.7 Å². The number of hydrogen-bond acceptors (Lipinski definition) is 3. The molecule has 0 bridgehead atoms. The van der Waals surface area contributed by atoms with E-state index in [-0.39, 0.29) is 11.9 Å². The van der Waals surface area contributed by atoms with Gasteiger partial charge in [-0.15, -0.1) is 0 Å². The molecule has 19 heavy (non-hydrogen) atoms. The summed E-state index contributed by atoms with van der Waals surface area (Å²) in [6, 6.07) is 3.06. The Bertz CT molecular complexity index is 407. The van der Waals surface area contributed by atoms with E-state index in [9.17, 15) is 4.39 Å². The number of anilines is 2. The molecule has 0 spiro atoms. The Balaban J connectivity index is 3.04. The van der Waals surface area contributed by atoms with E-state index in [0.29, 0.717) is 5.69 Å². The highest BCUT2D eigenvalue weighted by Crippen LogP contribution is 2.31. The van der Waals surface area contributed by atoms with Gasteiger partial charge in [0.05, 0.1) is 17.5 Å². The maximum Gasteiger partial charge on any atom is 0.167 e. The molecule has 0 aliphatic heterocycles. The number of hydrogen-bond donors (Lipinski definition) is 1. The Morgan fingerprint density at radius 3 is 2.53 bits per heavy atom. The minimum atomic E-state index is -0.401. The lowest BCUT2D eigenvalue weighted by Gasteiger charge is -2.25. The third kappa shape index (κ3) is 4.30. The molecule has 1 aromatic rings. The van der Waals surface area contributed by atoms with Crippen LogP contribution in [0.3, 0.4) is 0 Å². The summed E-state index contributed by atoms with van der Waals surface area (Å²) in [6.07, 6.45) is 2.15. The molecular weight excluding hydrogens is 243 g/mol. The van der Waals surface area contributed by atoms with E-state index in [1.54, 1.807) is 6.07 Å². The van der Waals surface area contributed by atoms with Gasteiger partial charge < -0.3 is 15.4 Å². The van der Waals surface area contributed by atoms with Gasteiger partial charge in [-0.2, -0.15) is 0 Å². The van der Waals surface area contributed by atoms with E-state index in [1.165, 1.54) is 6.07 Å². The van der Waals surface area contributed by atoms with Crippen LogP contribution in [0.15, 0.2) is 12.1 Å². The second kappa shape index (κ2) is 7.22. The summed E-state index contributed by atoms with van der Waals surface area (Å²) in [4.78, 5) is 2.16. The number of nitrogens with two attached hydrogens (primary N) is 1. The lowest BCUT2D eigenvalue weighted by atomic mass is 10.2. The van der Waals surface area contributed by atoms with Crippen molar-refractivity contribution in [2.45, 2.75) is 46.6 Å². The molecule has 0 aliphatic carbocycles. The summed E-state index contributed by atoms with van der Waals surface area (Å²) >= 11 is 0. The normalized spacial score (nSPS) is 10.8. The zero-order valence-corrected chi connectivity index (χ0v) is 12.4. The van der Waals surface area contributed by atoms with E-state index < -0.39 is 5.82 Å². The SMILES string of the molecule is CCCCN(CC)c1cc(OC(C)C)c(F)cc1N. The van der Waals surface area contributed by atoms with Crippen molar-refractivity contribution in [1.29, 1.82) is 0 Å². The van der Waals surface area contributed by atoms with Crippen molar-refractivity contribution in [3.05, 3.63) is 17.9 Å². The van der Waals surface area contributed by atoms with Crippen molar-refractivity contribution in [3.63, 3.8) is 0 Å². The minimum absolute atomic E-state index is 0.0586. The highest BCUT2D eigenvalue weighted by atomic mass is 19.1. The number of nitrogen functional groups attached to an aromatic ring is 1. The predicted molar refractivity (Wildman–Crippen MR) is 79.4 cm³/mol. The van der Waals surface area contributed by atoms with E-state index in [1.807, 2.05) is 13.8 Å². The number of rotatable bonds is 7. The molecule has 1 aromatic carbocycles. The molecular formula is C15H25FN2O. The van der Waals surface area contributed by atoms with Gasteiger partial charge in [-0.25, -0.2) is 4.39 Å². The highest BCUT2D eigenvalue weighted by Gasteiger charge is 2.14. The molecule has 0 aliphatic rings. The third-order valence-corrected chi connectivity index (χ3v) is 2.95. The van der Waals surface area contributed by atoms with Gasteiger partial charge in [-0.05, 0) is 27.2 Å². The van der Waals surface area contributed by atoms with Gasteiger partial charge in [0.1, 0.15) is 0 Å². The molecule has 0 saturated heterocycles. The van der Waals surface area contributed by atoms with Crippen LogP contribution in [-0.4, -0.2) is 19.2 Å². The zero-order valence-electron chi connectivity index (χ0n) is 12.4. The molecule has 0 radical (unpaired) electrons. The van der Waals surface area contributed by atoms with E-state index in [4.69, 9.17) is 10.5 Å². The fourth-order valence-corrected chi connectivity index (χ4v) is 1.97. The van der Waals surface area contributed by atoms with E-state index >= 15 is 0 Å². The molecule has 3 nitrogen and oxygen atoms in total. The molecule has 1 rings (SSSR count). The third-order valence-electron chi connectivity index (χ3n) is 2.95. The van der Waals surface area contributed by atoms with Crippen LogP contribution in [0.1, 0.15) is 40.5 Å². The van der Waals surface area contributed by atoms with Crippen LogP contribution in [0.5, 0.6) is 5.75 Å². The monoisotopic (exact) mass is 268 g/mol. The Labute approximate surface area is 115 Å². The minimum Gasteiger partial charge on any atom is -0.488 e. The van der Waals surface area contributed by atoms with Gasteiger partial charge in [0.25, 0.3) is 0 Å². The summed E-state index contributed by atoms with van der Waals surface area (Å²) in [7, 11) is 0. The molecule has 0 atom stereocenters. The van der Waals surface area contributed by atoms with Crippen LogP contribution in [0, 0.1) is 5.82 Å². The van der Waals surface area contributed by atoms with Gasteiger partial charge in [-0.3, -0.25) is 0 Å². The first-order valence-electron chi connectivity index (χ1n) is 7.00. The molecule has 0 fully saturated rings. The average molecular weight is 268 g/mol. The lowest BCUT2D eigenvalue weighted by molar-refractivity contribution is 0.231. The molecule has 0 amide bonds. The van der Waals surface area contributed by atoms with Crippen LogP contribution in [0.25, 0.3) is 0 Å². The molecule has 2 N–H and O–H groups in total. The predicted octanol–water partition coefficient (Wildman–Crippen LogP) is 3.82. The number of nitrogens with zero attached hydrogens (tertiary/aromatic N) is 1. The van der Waals surface area contributed by atoms with Gasteiger partial charge in [-0.1, -0.05) is 13.3 Å². The summed E-state index contributed by atoms with van der Waals surface area (Å²) in [5.41, 5.74) is 7.25. The number of benzene rings is 1. The van der Waals surface area contributed by atoms with Crippen molar-refractivity contribution >= 4 is 11.4 Å². The summed E-state index contributed by atoms with van der Waals surface area (Å²) in [5.74, 6) is -0.129. The van der Waals surface area contributed by atoms with Crippen molar-refractivity contribution in [1.82, 2.24) is 0 Å². The zero-order chi connectivity index (χ0) is 14.4. The fraction of sp³-hybridized carbons (Fsp3) is 0.600. The first kappa shape index (κ1) is 15.6. The number of ether oxygens (including phenoxy) is 1. The van der Waals surface area contributed by atoms with E-state index in [0.717, 1.165) is 31.6 Å². The standard InChI is InChI=1S/C15H25FN2O/c1-5-7-8-18(6-2)14-10-15(19-11(3)4)12(16)9-13(14)17/h9-11H,5-8,17H2,1-4H3. The summed E-state index contributed by atoms with van der Waals surface area (Å²) in [5, 5.41) is 0. The smallest absolute Gasteiger partial charge is 0.167 e. The van der Waals surface area contributed by atoms with Crippen molar-refractivity contribution in [2.24, 2.45) is 0 Å². The second-order valence-corrected chi connectivity index (χ2v) is 4.94. The van der Waals surface area contributed by atoms with E-state index in [2.05, 4.69) is 18.7 Å². The van der Waals surface area contributed by atoms with Crippen LogP contribution >= 0.6 is 0 Å². The summed E-state index contributed by atoms with van der Waals surface area (Å²) in [6.45, 7) is 9.74. The highest BCUT2D eigenvalue weighted by molar-refractivity contribution is 5.70. The lowest BCUT2D eigenvalue weighted by Crippen LogP contribution is -2.25. The Morgan fingerprint density at radius 2 is 2.00 bits per heavy atom. The van der Waals surface area contributed by atoms with Crippen molar-refractivity contribution in [3.8, 4) is 5.75 Å². The second-order valence-electron chi connectivity index (χ2n) is 4.94. The first-order chi connectivity index (χ1) is 8.99. The Kier molecular flexibility index (Phi) is 5.93. The fourth-order valence-electron chi connectivity index (χ4n) is 1.97. The largest absolute Gasteiger partial charge is 0.488 e. The van der Waals surface area contributed by atoms with Gasteiger partial charge >= 0.3 is 0 Å². The molecule has 0 aromatic heterocycles. The first-order valence-corrected chi connectivity index (χ1v) is 7.00. The van der Waals surface area contributed by atoms with Crippen LogP contribution in [0.2, 0.25) is 0 Å². The van der Waals surface area contributed by atoms with Crippen LogP contribution in [0.4, 0.5) is 15.8 Å². The van der Waals surface area contributed by atoms with Gasteiger partial charge in [0, 0.05) is 25.2 Å². The van der Waals surface area contributed by atoms with Crippen LogP contribution in [-0.2, 0) is 0 Å². The van der Waals surface area contributed by atoms with Gasteiger partial charge in [0.2, 0.25) is 0 Å². The summed E-state index contributed by atoms with van der Waals surface area (Å²) < 4.78 is 19.3. The molecule has 108 valence electrons. The van der Waals surface area contributed by atoms with Crippen LogP contribution < -0.4 is 15.4 Å². The average Bonchev–Trinajstić information content (AvgIpc) is 2.34. The molecule has 0 unspecified atom stereocenters. The molecule has 0 saturated carbocycles. The van der Waals surface area contributed by atoms with Gasteiger partial charge in [0.15, 0.2) is 11.6 Å². The maximum absolute atomic E-state index is 13.8. The number of unbranched alkanes of at least 4 members (excludes halogenated alkanes) is 1.